The van der Waals surface area contributed by atoms with Gasteiger partial charge in [0.25, 0.3) is 0 Å². The van der Waals surface area contributed by atoms with Crippen LogP contribution in [0.15, 0.2) is 0 Å². The number of hydrogen-bond acceptors (Lipinski definition) is 4. The van der Waals surface area contributed by atoms with E-state index in [2.05, 4.69) is 5.10 Å². The van der Waals surface area contributed by atoms with Gasteiger partial charge in [-0.1, -0.05) is 18.5 Å². The molecule has 5 nitrogen and oxygen atoms in total. The Bertz CT molecular complexity index is 607. The zero-order chi connectivity index (χ0) is 14.2. The number of rotatable bonds is 4. The number of aryl methyl sites for hydroxylation is 2. The first-order valence-corrected chi connectivity index (χ1v) is 8.47. The third kappa shape index (κ3) is 3.00. The fraction of sp³-hybridized carbons (Fsp3) is 0.667. The summed E-state index contributed by atoms with van der Waals surface area (Å²) in [5.74, 6) is -0.361. The predicted octanol–water partition coefficient (Wildman–Crippen LogP) is 1.18. The lowest BCUT2D eigenvalue weighted by Crippen LogP contribution is -2.19. The van der Waals surface area contributed by atoms with Gasteiger partial charge in [0, 0.05) is 13.0 Å². The molecule has 0 radical (unpaired) electrons. The highest BCUT2D eigenvalue weighted by atomic mass is 35.5. The lowest BCUT2D eigenvalue weighted by molar-refractivity contribution is -0.121. The minimum absolute atomic E-state index is 0.0259. The van der Waals surface area contributed by atoms with Crippen LogP contribution in [-0.2, 0) is 34.5 Å². The summed E-state index contributed by atoms with van der Waals surface area (Å²) in [5, 5.41) is 4.78. The molecule has 0 aliphatic carbocycles. The molecule has 1 atom stereocenters. The summed E-state index contributed by atoms with van der Waals surface area (Å²) >= 11 is 6.18. The number of carbonyl (C=O) groups is 1. The van der Waals surface area contributed by atoms with Crippen LogP contribution in [0.5, 0.6) is 0 Å². The van der Waals surface area contributed by atoms with Crippen molar-refractivity contribution in [2.45, 2.75) is 26.2 Å². The lowest BCUT2D eigenvalue weighted by atomic mass is 10.00. The first-order valence-electron chi connectivity index (χ1n) is 6.27. The highest BCUT2D eigenvalue weighted by Gasteiger charge is 2.33. The number of aromatic nitrogens is 2. The van der Waals surface area contributed by atoms with Crippen LogP contribution in [0.4, 0.5) is 0 Å². The summed E-state index contributed by atoms with van der Waals surface area (Å²) in [6.07, 6.45) is 1.29. The first-order chi connectivity index (χ1) is 8.84. The third-order valence-corrected chi connectivity index (χ3v) is 5.74. The number of nitrogens with zero attached hydrogens (tertiary/aromatic N) is 2. The van der Waals surface area contributed by atoms with Gasteiger partial charge < -0.3 is 0 Å². The smallest absolute Gasteiger partial charge is 0.151 e. The second kappa shape index (κ2) is 5.25. The van der Waals surface area contributed by atoms with Crippen molar-refractivity contribution in [2.24, 2.45) is 13.0 Å². The fourth-order valence-electron chi connectivity index (χ4n) is 2.37. The molecule has 1 aromatic rings. The third-order valence-electron chi connectivity index (χ3n) is 3.53. The number of halogens is 1. The predicted molar refractivity (Wildman–Crippen MR) is 73.1 cm³/mol. The molecule has 2 heterocycles. The van der Waals surface area contributed by atoms with Crippen molar-refractivity contribution >= 4 is 27.2 Å². The van der Waals surface area contributed by atoms with Crippen molar-refractivity contribution in [1.82, 2.24) is 9.78 Å². The van der Waals surface area contributed by atoms with Crippen LogP contribution < -0.4 is 0 Å². The summed E-state index contributed by atoms with van der Waals surface area (Å²) in [6, 6.07) is 0. The summed E-state index contributed by atoms with van der Waals surface area (Å²) < 4.78 is 24.4. The van der Waals surface area contributed by atoms with E-state index in [0.29, 0.717) is 23.6 Å². The molecule has 0 bridgehead atoms. The van der Waals surface area contributed by atoms with E-state index in [1.165, 1.54) is 0 Å². The highest BCUT2D eigenvalue weighted by molar-refractivity contribution is 7.91. The first kappa shape index (κ1) is 14.5. The van der Waals surface area contributed by atoms with Gasteiger partial charge in [0.2, 0.25) is 0 Å². The van der Waals surface area contributed by atoms with E-state index < -0.39 is 9.84 Å². The molecule has 0 spiro atoms. The number of hydrogen-bond donors (Lipinski definition) is 0. The second-order valence-electron chi connectivity index (χ2n) is 4.93. The molecule has 19 heavy (non-hydrogen) atoms. The minimum atomic E-state index is -3.03. The quantitative estimate of drug-likeness (QED) is 0.837. The van der Waals surface area contributed by atoms with E-state index in [4.69, 9.17) is 11.6 Å². The van der Waals surface area contributed by atoms with Crippen LogP contribution in [0.25, 0.3) is 0 Å². The van der Waals surface area contributed by atoms with E-state index in [1.807, 2.05) is 6.92 Å². The maximum absolute atomic E-state index is 12.1. The SMILES string of the molecule is CCc1nn(C)c(CC(=O)C2CCS(=O)(=O)C2)c1Cl. The molecule has 7 heteroatoms. The van der Waals surface area contributed by atoms with Crippen molar-refractivity contribution in [3.8, 4) is 0 Å². The Kier molecular flexibility index (Phi) is 4.01. The molecule has 1 saturated heterocycles. The highest BCUT2D eigenvalue weighted by Crippen LogP contribution is 2.25. The topological polar surface area (TPSA) is 69.0 Å². The number of Topliss-reactive ketones (excluding diaryl/α,β-unsaturated/α-hetero) is 1. The van der Waals surface area contributed by atoms with E-state index in [9.17, 15) is 13.2 Å². The lowest BCUT2D eigenvalue weighted by Gasteiger charge is -2.07. The molecule has 1 aliphatic heterocycles. The van der Waals surface area contributed by atoms with Crippen molar-refractivity contribution in [3.05, 3.63) is 16.4 Å². The number of sulfone groups is 1. The van der Waals surface area contributed by atoms with Gasteiger partial charge in [-0.15, -0.1) is 0 Å². The van der Waals surface area contributed by atoms with Crippen LogP contribution in [0.3, 0.4) is 0 Å². The molecule has 1 aromatic heterocycles. The Morgan fingerprint density at radius 3 is 2.68 bits per heavy atom. The van der Waals surface area contributed by atoms with Gasteiger partial charge in [-0.3, -0.25) is 9.48 Å². The Labute approximate surface area is 117 Å². The monoisotopic (exact) mass is 304 g/mol. The molecule has 1 fully saturated rings. The summed E-state index contributed by atoms with van der Waals surface area (Å²) in [4.78, 5) is 12.1. The Hall–Kier alpha value is -0.880. The van der Waals surface area contributed by atoms with Crippen molar-refractivity contribution < 1.29 is 13.2 Å². The van der Waals surface area contributed by atoms with Gasteiger partial charge in [0.15, 0.2) is 9.84 Å². The Morgan fingerprint density at radius 1 is 1.53 bits per heavy atom. The number of ketones is 1. The summed E-state index contributed by atoms with van der Waals surface area (Å²) in [6.45, 7) is 1.95. The van der Waals surface area contributed by atoms with Gasteiger partial charge in [0.05, 0.1) is 34.3 Å². The van der Waals surface area contributed by atoms with Gasteiger partial charge in [-0.05, 0) is 12.8 Å². The average Bonchev–Trinajstić information content (AvgIpc) is 2.83. The summed E-state index contributed by atoms with van der Waals surface area (Å²) in [7, 11) is -1.28. The maximum atomic E-state index is 12.1. The van der Waals surface area contributed by atoms with Crippen molar-refractivity contribution in [3.63, 3.8) is 0 Å². The molecule has 106 valence electrons. The zero-order valence-electron chi connectivity index (χ0n) is 11.0. The maximum Gasteiger partial charge on any atom is 0.151 e. The molecule has 0 amide bonds. The van der Waals surface area contributed by atoms with Gasteiger partial charge in [-0.2, -0.15) is 5.10 Å². The van der Waals surface area contributed by atoms with Crippen molar-refractivity contribution in [2.75, 3.05) is 11.5 Å². The zero-order valence-corrected chi connectivity index (χ0v) is 12.6. The van der Waals surface area contributed by atoms with E-state index in [-0.39, 0.29) is 29.6 Å². The summed E-state index contributed by atoms with van der Waals surface area (Å²) in [5.41, 5.74) is 1.44. The molecule has 1 unspecified atom stereocenters. The van der Waals surface area contributed by atoms with Gasteiger partial charge in [-0.25, -0.2) is 8.42 Å². The molecule has 0 aromatic carbocycles. The molecule has 0 N–H and O–H groups in total. The van der Waals surface area contributed by atoms with Gasteiger partial charge >= 0.3 is 0 Å². The minimum Gasteiger partial charge on any atom is -0.299 e. The van der Waals surface area contributed by atoms with E-state index in [0.717, 1.165) is 5.69 Å². The molecular formula is C12H17ClN2O3S. The van der Waals surface area contributed by atoms with E-state index >= 15 is 0 Å². The van der Waals surface area contributed by atoms with E-state index in [1.54, 1.807) is 11.7 Å². The normalized spacial score (nSPS) is 21.7. The Morgan fingerprint density at radius 2 is 2.21 bits per heavy atom. The van der Waals surface area contributed by atoms with Crippen molar-refractivity contribution in [1.29, 1.82) is 0 Å². The molecule has 0 saturated carbocycles. The fourth-order valence-corrected chi connectivity index (χ4v) is 4.51. The second-order valence-corrected chi connectivity index (χ2v) is 7.53. The van der Waals surface area contributed by atoms with Crippen LogP contribution in [-0.4, -0.2) is 35.5 Å². The van der Waals surface area contributed by atoms with Crippen LogP contribution in [0.1, 0.15) is 24.7 Å². The average molecular weight is 305 g/mol. The molecule has 1 aliphatic rings. The molecular weight excluding hydrogens is 288 g/mol. The van der Waals surface area contributed by atoms with Crippen LogP contribution in [0, 0.1) is 5.92 Å². The Balaban J connectivity index is 2.14. The standard InChI is InChI=1S/C12H17ClN2O3S/c1-3-9-12(13)10(15(2)14-9)6-11(16)8-4-5-19(17,18)7-8/h8H,3-7H2,1-2H3. The molecule has 2 rings (SSSR count). The number of carbonyl (C=O) groups excluding carboxylic acids is 1. The van der Waals surface area contributed by atoms with Crippen LogP contribution >= 0.6 is 11.6 Å². The van der Waals surface area contributed by atoms with Gasteiger partial charge in [0.1, 0.15) is 5.78 Å². The largest absolute Gasteiger partial charge is 0.299 e. The van der Waals surface area contributed by atoms with Crippen LogP contribution in [0.2, 0.25) is 5.02 Å².